The summed E-state index contributed by atoms with van der Waals surface area (Å²) in [5.41, 5.74) is 1.65. The van der Waals surface area contributed by atoms with Crippen molar-refractivity contribution in [2.45, 2.75) is 13.2 Å². The van der Waals surface area contributed by atoms with Crippen LogP contribution in [0.25, 0.3) is 6.08 Å². The van der Waals surface area contributed by atoms with Crippen LogP contribution in [0.5, 0.6) is 11.5 Å². The van der Waals surface area contributed by atoms with Crippen LogP contribution in [0.2, 0.25) is 0 Å². The lowest BCUT2D eigenvalue weighted by Crippen LogP contribution is -2.20. The predicted octanol–water partition coefficient (Wildman–Crippen LogP) is 3.63. The number of carbonyl (C=O) groups excluding carboxylic acids is 1. The molecule has 0 unspecified atom stereocenters. The lowest BCUT2D eigenvalue weighted by Gasteiger charge is -2.06. The molecule has 0 saturated carbocycles. The number of halogens is 2. The highest BCUT2D eigenvalue weighted by atomic mass is 19.3. The SMILES string of the molecule is COc1ccc(/C=C/C(=O)NCc2ccc(OC(F)F)cc2)cc1. The van der Waals surface area contributed by atoms with Crippen LogP contribution in [0, 0.1) is 0 Å². The van der Waals surface area contributed by atoms with Gasteiger partial charge in [0.2, 0.25) is 5.91 Å². The number of rotatable bonds is 7. The Labute approximate surface area is 138 Å². The first-order valence-corrected chi connectivity index (χ1v) is 7.20. The van der Waals surface area contributed by atoms with Crippen molar-refractivity contribution in [2.75, 3.05) is 7.11 Å². The quantitative estimate of drug-likeness (QED) is 0.787. The monoisotopic (exact) mass is 333 g/mol. The summed E-state index contributed by atoms with van der Waals surface area (Å²) in [6.07, 6.45) is 3.12. The molecule has 0 saturated heterocycles. The van der Waals surface area contributed by atoms with E-state index in [-0.39, 0.29) is 11.7 Å². The molecule has 0 heterocycles. The number of amides is 1. The predicted molar refractivity (Wildman–Crippen MR) is 86.9 cm³/mol. The van der Waals surface area contributed by atoms with Crippen molar-refractivity contribution in [2.24, 2.45) is 0 Å². The first kappa shape index (κ1) is 17.5. The van der Waals surface area contributed by atoms with Crippen LogP contribution in [-0.2, 0) is 11.3 Å². The number of hydrogen-bond donors (Lipinski definition) is 1. The molecular weight excluding hydrogens is 316 g/mol. The molecule has 126 valence electrons. The van der Waals surface area contributed by atoms with E-state index in [0.29, 0.717) is 6.54 Å². The van der Waals surface area contributed by atoms with Crippen molar-refractivity contribution in [1.82, 2.24) is 5.32 Å². The van der Waals surface area contributed by atoms with Gasteiger partial charge in [0.15, 0.2) is 0 Å². The fourth-order valence-electron chi connectivity index (χ4n) is 1.92. The van der Waals surface area contributed by atoms with Gasteiger partial charge in [-0.3, -0.25) is 4.79 Å². The maximum atomic E-state index is 12.0. The van der Waals surface area contributed by atoms with E-state index in [0.717, 1.165) is 16.9 Å². The number of methoxy groups -OCH3 is 1. The van der Waals surface area contributed by atoms with Gasteiger partial charge in [0.1, 0.15) is 11.5 Å². The second-order valence-corrected chi connectivity index (χ2v) is 4.85. The van der Waals surface area contributed by atoms with Crippen LogP contribution in [0.4, 0.5) is 8.78 Å². The molecule has 1 N–H and O–H groups in total. The Morgan fingerprint density at radius 1 is 1.08 bits per heavy atom. The van der Waals surface area contributed by atoms with Crippen molar-refractivity contribution in [3.05, 3.63) is 65.7 Å². The van der Waals surface area contributed by atoms with Crippen LogP contribution in [0.15, 0.2) is 54.6 Å². The zero-order valence-corrected chi connectivity index (χ0v) is 13.0. The second kappa shape index (κ2) is 8.67. The van der Waals surface area contributed by atoms with Crippen molar-refractivity contribution in [3.63, 3.8) is 0 Å². The number of alkyl halides is 2. The van der Waals surface area contributed by atoms with Gasteiger partial charge >= 0.3 is 6.61 Å². The van der Waals surface area contributed by atoms with Gasteiger partial charge in [-0.05, 0) is 41.5 Å². The average Bonchev–Trinajstić information content (AvgIpc) is 2.59. The molecule has 0 aliphatic heterocycles. The van der Waals surface area contributed by atoms with Crippen molar-refractivity contribution in [3.8, 4) is 11.5 Å². The molecule has 2 aromatic rings. The third-order valence-electron chi connectivity index (χ3n) is 3.16. The van der Waals surface area contributed by atoms with Crippen LogP contribution < -0.4 is 14.8 Å². The Kier molecular flexibility index (Phi) is 6.31. The molecule has 0 aromatic heterocycles. The third kappa shape index (κ3) is 5.72. The number of carbonyl (C=O) groups is 1. The van der Waals surface area contributed by atoms with E-state index in [2.05, 4.69) is 10.1 Å². The molecule has 0 fully saturated rings. The summed E-state index contributed by atoms with van der Waals surface area (Å²) in [5.74, 6) is 0.578. The summed E-state index contributed by atoms with van der Waals surface area (Å²) in [4.78, 5) is 11.8. The highest BCUT2D eigenvalue weighted by Gasteiger charge is 2.04. The average molecular weight is 333 g/mol. The van der Waals surface area contributed by atoms with Gasteiger partial charge < -0.3 is 14.8 Å². The first-order chi connectivity index (χ1) is 11.6. The Balaban J connectivity index is 1.82. The Hall–Kier alpha value is -2.89. The normalized spacial score (nSPS) is 10.8. The van der Waals surface area contributed by atoms with Gasteiger partial charge in [0.05, 0.1) is 7.11 Å². The molecule has 0 radical (unpaired) electrons. The minimum absolute atomic E-state index is 0.0829. The number of hydrogen-bond acceptors (Lipinski definition) is 3. The van der Waals surface area contributed by atoms with Crippen LogP contribution in [0.1, 0.15) is 11.1 Å². The van der Waals surface area contributed by atoms with E-state index in [1.807, 2.05) is 12.1 Å². The number of nitrogens with one attached hydrogen (secondary N) is 1. The molecule has 0 bridgehead atoms. The van der Waals surface area contributed by atoms with Gasteiger partial charge in [-0.25, -0.2) is 0 Å². The molecule has 0 aliphatic rings. The molecule has 1 amide bonds. The summed E-state index contributed by atoms with van der Waals surface area (Å²) >= 11 is 0. The largest absolute Gasteiger partial charge is 0.497 e. The smallest absolute Gasteiger partial charge is 0.387 e. The second-order valence-electron chi connectivity index (χ2n) is 4.85. The van der Waals surface area contributed by atoms with Crippen LogP contribution in [-0.4, -0.2) is 19.6 Å². The van der Waals surface area contributed by atoms with Crippen molar-refractivity contribution < 1.29 is 23.0 Å². The topological polar surface area (TPSA) is 47.6 Å². The van der Waals surface area contributed by atoms with Crippen LogP contribution >= 0.6 is 0 Å². The van der Waals surface area contributed by atoms with E-state index in [1.54, 1.807) is 37.5 Å². The zero-order chi connectivity index (χ0) is 17.4. The van der Waals surface area contributed by atoms with Crippen molar-refractivity contribution in [1.29, 1.82) is 0 Å². The molecule has 2 rings (SSSR count). The molecule has 0 aliphatic carbocycles. The Bertz CT molecular complexity index is 682. The highest BCUT2D eigenvalue weighted by molar-refractivity contribution is 5.91. The molecule has 0 atom stereocenters. The third-order valence-corrected chi connectivity index (χ3v) is 3.16. The van der Waals surface area contributed by atoms with Gasteiger partial charge in [-0.1, -0.05) is 24.3 Å². The molecule has 4 nitrogen and oxygen atoms in total. The lowest BCUT2D eigenvalue weighted by atomic mass is 10.2. The zero-order valence-electron chi connectivity index (χ0n) is 13.0. The minimum Gasteiger partial charge on any atom is -0.497 e. The summed E-state index contributed by atoms with van der Waals surface area (Å²) in [5, 5.41) is 2.71. The van der Waals surface area contributed by atoms with E-state index in [1.165, 1.54) is 18.2 Å². The Morgan fingerprint density at radius 2 is 1.71 bits per heavy atom. The summed E-state index contributed by atoms with van der Waals surface area (Å²) in [7, 11) is 1.59. The highest BCUT2D eigenvalue weighted by Crippen LogP contribution is 2.15. The van der Waals surface area contributed by atoms with Gasteiger partial charge in [-0.15, -0.1) is 0 Å². The van der Waals surface area contributed by atoms with E-state index >= 15 is 0 Å². The minimum atomic E-state index is -2.85. The molecule has 2 aromatic carbocycles. The van der Waals surface area contributed by atoms with Gasteiger partial charge in [0.25, 0.3) is 0 Å². The maximum Gasteiger partial charge on any atom is 0.387 e. The van der Waals surface area contributed by atoms with Gasteiger partial charge in [0, 0.05) is 12.6 Å². The van der Waals surface area contributed by atoms with E-state index in [9.17, 15) is 13.6 Å². The fraction of sp³-hybridized carbons (Fsp3) is 0.167. The van der Waals surface area contributed by atoms with Gasteiger partial charge in [-0.2, -0.15) is 8.78 Å². The van der Waals surface area contributed by atoms with E-state index in [4.69, 9.17) is 4.74 Å². The lowest BCUT2D eigenvalue weighted by molar-refractivity contribution is -0.116. The molecular formula is C18H17F2NO3. The summed E-state index contributed by atoms with van der Waals surface area (Å²) in [6, 6.07) is 13.4. The van der Waals surface area contributed by atoms with Crippen molar-refractivity contribution >= 4 is 12.0 Å². The fourth-order valence-corrected chi connectivity index (χ4v) is 1.92. The number of ether oxygens (including phenoxy) is 2. The first-order valence-electron chi connectivity index (χ1n) is 7.20. The molecule has 0 spiro atoms. The summed E-state index contributed by atoms with van der Waals surface area (Å²) in [6.45, 7) is -2.56. The molecule has 24 heavy (non-hydrogen) atoms. The van der Waals surface area contributed by atoms with Crippen LogP contribution in [0.3, 0.4) is 0 Å². The standard InChI is InChI=1S/C18H17F2NO3/c1-23-15-7-2-13(3-8-15)6-11-17(22)21-12-14-4-9-16(10-5-14)24-18(19)20/h2-11,18H,12H2,1H3,(H,21,22)/b11-6+. The number of benzene rings is 2. The molecule has 6 heteroatoms. The Morgan fingerprint density at radius 3 is 2.29 bits per heavy atom. The van der Waals surface area contributed by atoms with E-state index < -0.39 is 6.61 Å². The maximum absolute atomic E-state index is 12.0. The summed E-state index contributed by atoms with van der Waals surface area (Å²) < 4.78 is 33.4.